The van der Waals surface area contributed by atoms with Gasteiger partial charge in [-0.25, -0.2) is 0 Å². The molecule has 0 amide bonds. The fraction of sp³-hybridized carbons (Fsp3) is 0.333. The fourth-order valence-corrected chi connectivity index (χ4v) is 3.10. The van der Waals surface area contributed by atoms with E-state index < -0.39 is 0 Å². The quantitative estimate of drug-likeness (QED) is 0.824. The van der Waals surface area contributed by atoms with E-state index in [1.165, 1.54) is 27.8 Å². The highest BCUT2D eigenvalue weighted by Gasteiger charge is 2.17. The second kappa shape index (κ2) is 6.55. The van der Waals surface area contributed by atoms with Gasteiger partial charge in [0.15, 0.2) is 0 Å². The van der Waals surface area contributed by atoms with E-state index in [-0.39, 0.29) is 6.04 Å². The summed E-state index contributed by atoms with van der Waals surface area (Å²) in [5.41, 5.74) is 6.68. The minimum Gasteiger partial charge on any atom is -0.307 e. The largest absolute Gasteiger partial charge is 0.307 e. The molecule has 106 valence electrons. The molecule has 0 saturated heterocycles. The van der Waals surface area contributed by atoms with Crippen LogP contribution in [0.25, 0.3) is 0 Å². The van der Waals surface area contributed by atoms with Crippen molar-refractivity contribution >= 4 is 15.9 Å². The van der Waals surface area contributed by atoms with Crippen LogP contribution >= 0.6 is 15.9 Å². The molecule has 0 spiro atoms. The topological polar surface area (TPSA) is 12.0 Å². The van der Waals surface area contributed by atoms with Crippen molar-refractivity contribution in [3.8, 4) is 0 Å². The van der Waals surface area contributed by atoms with Gasteiger partial charge >= 0.3 is 0 Å². The molecule has 0 aliphatic rings. The molecule has 2 aromatic rings. The van der Waals surface area contributed by atoms with Crippen LogP contribution in [-0.4, -0.2) is 6.54 Å². The summed E-state index contributed by atoms with van der Waals surface area (Å²) < 4.78 is 1.13. The smallest absolute Gasteiger partial charge is 0.0581 e. The lowest BCUT2D eigenvalue weighted by atomic mass is 9.91. The Morgan fingerprint density at radius 3 is 2.35 bits per heavy atom. The number of nitrogens with one attached hydrogen (secondary N) is 1. The third-order valence-corrected chi connectivity index (χ3v) is 4.19. The molecule has 1 unspecified atom stereocenters. The van der Waals surface area contributed by atoms with E-state index in [2.05, 4.69) is 85.3 Å². The average molecular weight is 332 g/mol. The molecular formula is C18H22BrN. The number of halogens is 1. The zero-order valence-corrected chi connectivity index (χ0v) is 14.2. The van der Waals surface area contributed by atoms with Gasteiger partial charge in [0.05, 0.1) is 6.04 Å². The molecule has 0 fully saturated rings. The third-order valence-electron chi connectivity index (χ3n) is 3.70. The molecule has 2 aromatic carbocycles. The van der Waals surface area contributed by atoms with Crippen molar-refractivity contribution in [3.05, 3.63) is 68.7 Å². The highest BCUT2D eigenvalue weighted by atomic mass is 79.9. The minimum absolute atomic E-state index is 0.257. The van der Waals surface area contributed by atoms with Crippen LogP contribution in [0.5, 0.6) is 0 Å². The van der Waals surface area contributed by atoms with E-state index in [1.807, 2.05) is 0 Å². The van der Waals surface area contributed by atoms with Crippen molar-refractivity contribution in [1.29, 1.82) is 0 Å². The van der Waals surface area contributed by atoms with Crippen molar-refractivity contribution < 1.29 is 0 Å². The zero-order chi connectivity index (χ0) is 14.7. The number of aryl methyl sites for hydroxylation is 3. The van der Waals surface area contributed by atoms with Crippen molar-refractivity contribution in [2.45, 2.75) is 33.7 Å². The first-order valence-corrected chi connectivity index (χ1v) is 7.88. The van der Waals surface area contributed by atoms with Crippen LogP contribution in [0.2, 0.25) is 0 Å². The van der Waals surface area contributed by atoms with Crippen molar-refractivity contribution in [1.82, 2.24) is 5.32 Å². The maximum absolute atomic E-state index is 3.63. The average Bonchev–Trinajstić information content (AvgIpc) is 2.40. The van der Waals surface area contributed by atoms with Crippen LogP contribution in [0.3, 0.4) is 0 Å². The van der Waals surface area contributed by atoms with Gasteiger partial charge in [0.25, 0.3) is 0 Å². The highest BCUT2D eigenvalue weighted by Crippen LogP contribution is 2.29. The number of rotatable bonds is 4. The lowest BCUT2D eigenvalue weighted by Crippen LogP contribution is -2.23. The molecular weight excluding hydrogens is 310 g/mol. The molecule has 0 heterocycles. The van der Waals surface area contributed by atoms with Gasteiger partial charge in [-0.15, -0.1) is 0 Å². The first-order valence-electron chi connectivity index (χ1n) is 7.09. The number of benzene rings is 2. The van der Waals surface area contributed by atoms with E-state index in [0.29, 0.717) is 0 Å². The minimum atomic E-state index is 0.257. The Labute approximate surface area is 130 Å². The summed E-state index contributed by atoms with van der Waals surface area (Å²) in [7, 11) is 0. The number of hydrogen-bond acceptors (Lipinski definition) is 1. The Morgan fingerprint density at radius 2 is 1.70 bits per heavy atom. The Hall–Kier alpha value is -1.12. The summed E-state index contributed by atoms with van der Waals surface area (Å²) in [6.45, 7) is 9.63. The van der Waals surface area contributed by atoms with Crippen molar-refractivity contribution in [2.24, 2.45) is 0 Å². The predicted molar refractivity (Wildman–Crippen MR) is 90.3 cm³/mol. The van der Waals surface area contributed by atoms with Crippen LogP contribution in [0, 0.1) is 20.8 Å². The Bertz CT molecular complexity index is 604. The molecule has 20 heavy (non-hydrogen) atoms. The molecule has 0 radical (unpaired) electrons. The first-order chi connectivity index (χ1) is 9.52. The monoisotopic (exact) mass is 331 g/mol. The molecule has 0 aliphatic heterocycles. The lowest BCUT2D eigenvalue weighted by molar-refractivity contribution is 0.624. The van der Waals surface area contributed by atoms with Crippen molar-refractivity contribution in [2.75, 3.05) is 6.54 Å². The van der Waals surface area contributed by atoms with Crippen LogP contribution in [-0.2, 0) is 0 Å². The van der Waals surface area contributed by atoms with Gasteiger partial charge in [0, 0.05) is 4.47 Å². The van der Waals surface area contributed by atoms with Gasteiger partial charge in [-0.2, -0.15) is 0 Å². The zero-order valence-electron chi connectivity index (χ0n) is 12.6. The molecule has 2 rings (SSSR count). The summed E-state index contributed by atoms with van der Waals surface area (Å²) in [5.74, 6) is 0. The van der Waals surface area contributed by atoms with Crippen LogP contribution in [0.4, 0.5) is 0 Å². The summed E-state index contributed by atoms with van der Waals surface area (Å²) in [6, 6.07) is 13.5. The molecule has 1 N–H and O–H groups in total. The Balaban J connectivity index is 2.53. The summed E-state index contributed by atoms with van der Waals surface area (Å²) in [5, 5.41) is 3.63. The van der Waals surface area contributed by atoms with E-state index in [9.17, 15) is 0 Å². The Kier molecular flexibility index (Phi) is 5.00. The maximum atomic E-state index is 3.63. The van der Waals surface area contributed by atoms with Crippen LogP contribution in [0.1, 0.15) is 40.8 Å². The van der Waals surface area contributed by atoms with Gasteiger partial charge in [0.1, 0.15) is 0 Å². The van der Waals surface area contributed by atoms with Crippen LogP contribution < -0.4 is 5.32 Å². The summed E-state index contributed by atoms with van der Waals surface area (Å²) in [4.78, 5) is 0. The normalized spacial score (nSPS) is 12.4. The van der Waals surface area contributed by atoms with Gasteiger partial charge < -0.3 is 5.32 Å². The highest BCUT2D eigenvalue weighted by molar-refractivity contribution is 9.10. The van der Waals surface area contributed by atoms with Gasteiger partial charge in [0.2, 0.25) is 0 Å². The van der Waals surface area contributed by atoms with E-state index in [1.54, 1.807) is 0 Å². The maximum Gasteiger partial charge on any atom is 0.0581 e. The second-order valence-corrected chi connectivity index (χ2v) is 6.27. The summed E-state index contributed by atoms with van der Waals surface area (Å²) >= 11 is 3.55. The standard InChI is InChI=1S/C18H22BrN/c1-5-20-18(16-9-8-15(19)11-14(16)4)17-10-12(2)6-7-13(17)3/h6-11,18,20H,5H2,1-4H3. The molecule has 0 aliphatic carbocycles. The summed E-state index contributed by atoms with van der Waals surface area (Å²) in [6.07, 6.45) is 0. The molecule has 2 heteroatoms. The fourth-order valence-electron chi connectivity index (χ4n) is 2.63. The molecule has 0 aromatic heterocycles. The van der Waals surface area contributed by atoms with Gasteiger partial charge in [-0.3, -0.25) is 0 Å². The van der Waals surface area contributed by atoms with E-state index in [4.69, 9.17) is 0 Å². The number of hydrogen-bond donors (Lipinski definition) is 1. The second-order valence-electron chi connectivity index (χ2n) is 5.35. The van der Waals surface area contributed by atoms with Crippen molar-refractivity contribution in [3.63, 3.8) is 0 Å². The molecule has 0 bridgehead atoms. The molecule has 0 saturated carbocycles. The lowest BCUT2D eigenvalue weighted by Gasteiger charge is -2.23. The van der Waals surface area contributed by atoms with E-state index in [0.717, 1.165) is 11.0 Å². The Morgan fingerprint density at radius 1 is 0.950 bits per heavy atom. The SMILES string of the molecule is CCNC(c1ccc(Br)cc1C)c1cc(C)ccc1C. The molecule has 1 nitrogen and oxygen atoms in total. The first kappa shape index (κ1) is 15.3. The van der Waals surface area contributed by atoms with Gasteiger partial charge in [-0.05, 0) is 61.7 Å². The van der Waals surface area contributed by atoms with Gasteiger partial charge in [-0.1, -0.05) is 52.7 Å². The molecule has 1 atom stereocenters. The van der Waals surface area contributed by atoms with E-state index >= 15 is 0 Å². The third kappa shape index (κ3) is 3.31. The van der Waals surface area contributed by atoms with Crippen LogP contribution in [0.15, 0.2) is 40.9 Å². The predicted octanol–water partition coefficient (Wildman–Crippen LogP) is 5.07.